The third-order valence-corrected chi connectivity index (χ3v) is 5.08. The first-order valence-electron chi connectivity index (χ1n) is 8.68. The standard InChI is InChI=1S/C19H23NO4/c21-16-9-5-4-8-15(16)17(22)10-13-11-18(23)20(19(24)12-13)14-6-2-1-3-7-14/h1-3,6-7,13,15,17,22H,4-5,8-12H2. The number of carbonyl (C=O) groups excluding carboxylic acids is 3. The fourth-order valence-electron chi connectivity index (χ4n) is 3.84. The highest BCUT2D eigenvalue weighted by atomic mass is 16.3. The molecule has 2 amide bonds. The molecule has 2 aliphatic rings. The van der Waals surface area contributed by atoms with Crippen LogP contribution < -0.4 is 4.90 Å². The Labute approximate surface area is 141 Å². The number of para-hydroxylation sites is 1. The van der Waals surface area contributed by atoms with E-state index in [9.17, 15) is 19.5 Å². The number of anilines is 1. The number of rotatable bonds is 4. The van der Waals surface area contributed by atoms with Crippen molar-refractivity contribution in [2.24, 2.45) is 11.8 Å². The Bertz CT molecular complexity index is 610. The Morgan fingerprint density at radius 3 is 2.33 bits per heavy atom. The predicted molar refractivity (Wildman–Crippen MR) is 89.2 cm³/mol. The molecule has 128 valence electrons. The maximum Gasteiger partial charge on any atom is 0.234 e. The van der Waals surface area contributed by atoms with E-state index in [1.54, 1.807) is 24.3 Å². The van der Waals surface area contributed by atoms with Gasteiger partial charge in [-0.25, -0.2) is 0 Å². The summed E-state index contributed by atoms with van der Waals surface area (Å²) >= 11 is 0. The summed E-state index contributed by atoms with van der Waals surface area (Å²) in [6.45, 7) is 0. The second-order valence-electron chi connectivity index (χ2n) is 6.85. The Morgan fingerprint density at radius 1 is 1.04 bits per heavy atom. The number of piperidine rings is 1. The number of Topliss-reactive ketones (excluding diaryl/α,β-unsaturated/α-hetero) is 1. The van der Waals surface area contributed by atoms with Crippen molar-refractivity contribution in [1.29, 1.82) is 0 Å². The lowest BCUT2D eigenvalue weighted by Crippen LogP contribution is -2.44. The van der Waals surface area contributed by atoms with Crippen molar-refractivity contribution in [1.82, 2.24) is 0 Å². The van der Waals surface area contributed by atoms with E-state index in [1.807, 2.05) is 6.07 Å². The van der Waals surface area contributed by atoms with Crippen molar-refractivity contribution in [2.75, 3.05) is 4.90 Å². The number of amides is 2. The molecule has 1 aromatic rings. The van der Waals surface area contributed by atoms with Crippen LogP contribution in [0.4, 0.5) is 5.69 Å². The Hall–Kier alpha value is -2.01. The van der Waals surface area contributed by atoms with Crippen LogP contribution in [0.3, 0.4) is 0 Å². The van der Waals surface area contributed by atoms with Crippen LogP contribution in [0.2, 0.25) is 0 Å². The van der Waals surface area contributed by atoms with Crippen LogP contribution >= 0.6 is 0 Å². The van der Waals surface area contributed by atoms with E-state index in [-0.39, 0.29) is 42.3 Å². The third-order valence-electron chi connectivity index (χ3n) is 5.08. The molecule has 1 heterocycles. The summed E-state index contributed by atoms with van der Waals surface area (Å²) in [6.07, 6.45) is 3.17. The van der Waals surface area contributed by atoms with Crippen LogP contribution in [-0.2, 0) is 14.4 Å². The van der Waals surface area contributed by atoms with Gasteiger partial charge in [0.2, 0.25) is 11.8 Å². The van der Waals surface area contributed by atoms with Gasteiger partial charge in [-0.3, -0.25) is 19.3 Å². The molecule has 2 atom stereocenters. The summed E-state index contributed by atoms with van der Waals surface area (Å²) in [6, 6.07) is 8.90. The van der Waals surface area contributed by atoms with Crippen LogP contribution in [0, 0.1) is 11.8 Å². The van der Waals surface area contributed by atoms with Gasteiger partial charge in [-0.1, -0.05) is 24.6 Å². The SMILES string of the molecule is O=C1CCCCC1C(O)CC1CC(=O)N(c2ccccc2)C(=O)C1. The lowest BCUT2D eigenvalue weighted by atomic mass is 9.79. The average molecular weight is 329 g/mol. The summed E-state index contributed by atoms with van der Waals surface area (Å²) in [5.41, 5.74) is 0.592. The van der Waals surface area contributed by atoms with E-state index in [0.29, 0.717) is 24.9 Å². The van der Waals surface area contributed by atoms with Gasteiger partial charge in [-0.2, -0.15) is 0 Å². The molecule has 2 unspecified atom stereocenters. The lowest BCUT2D eigenvalue weighted by molar-refractivity contribution is -0.131. The summed E-state index contributed by atoms with van der Waals surface area (Å²) < 4.78 is 0. The molecule has 1 saturated heterocycles. The highest BCUT2D eigenvalue weighted by Gasteiger charge is 2.37. The summed E-state index contributed by atoms with van der Waals surface area (Å²) in [5.74, 6) is -0.854. The molecule has 1 aromatic carbocycles. The summed E-state index contributed by atoms with van der Waals surface area (Å²) in [7, 11) is 0. The number of hydrogen-bond acceptors (Lipinski definition) is 4. The normalized spacial score (nSPS) is 24.3. The van der Waals surface area contributed by atoms with E-state index in [2.05, 4.69) is 0 Å². The minimum atomic E-state index is -0.744. The van der Waals surface area contributed by atoms with E-state index in [1.165, 1.54) is 4.90 Å². The molecular formula is C19H23NO4. The molecule has 1 aliphatic heterocycles. The fraction of sp³-hybridized carbons (Fsp3) is 0.526. The minimum absolute atomic E-state index is 0.119. The third kappa shape index (κ3) is 3.56. The van der Waals surface area contributed by atoms with Gasteiger partial charge in [0.05, 0.1) is 11.8 Å². The first-order chi connectivity index (χ1) is 11.6. The topological polar surface area (TPSA) is 74.7 Å². The van der Waals surface area contributed by atoms with Gasteiger partial charge in [-0.15, -0.1) is 0 Å². The Kier molecular flexibility index (Phi) is 5.09. The second kappa shape index (κ2) is 7.26. The highest BCUT2D eigenvalue weighted by molar-refractivity contribution is 6.16. The first-order valence-corrected chi connectivity index (χ1v) is 8.68. The van der Waals surface area contributed by atoms with Crippen molar-refractivity contribution < 1.29 is 19.5 Å². The molecular weight excluding hydrogens is 306 g/mol. The van der Waals surface area contributed by atoms with Crippen molar-refractivity contribution in [3.05, 3.63) is 30.3 Å². The van der Waals surface area contributed by atoms with E-state index >= 15 is 0 Å². The highest BCUT2D eigenvalue weighted by Crippen LogP contribution is 2.32. The maximum absolute atomic E-state index is 12.4. The number of carbonyl (C=O) groups is 3. The Balaban J connectivity index is 1.63. The van der Waals surface area contributed by atoms with Gasteiger partial charge in [0.1, 0.15) is 5.78 Å². The lowest BCUT2D eigenvalue weighted by Gasteiger charge is -2.33. The number of nitrogens with zero attached hydrogens (tertiary/aromatic N) is 1. The van der Waals surface area contributed by atoms with Crippen molar-refractivity contribution in [3.8, 4) is 0 Å². The maximum atomic E-state index is 12.4. The number of aliphatic hydroxyl groups is 1. The van der Waals surface area contributed by atoms with Gasteiger partial charge in [0.25, 0.3) is 0 Å². The van der Waals surface area contributed by atoms with E-state index in [0.717, 1.165) is 12.8 Å². The van der Waals surface area contributed by atoms with Crippen molar-refractivity contribution in [3.63, 3.8) is 0 Å². The van der Waals surface area contributed by atoms with Crippen LogP contribution in [0.5, 0.6) is 0 Å². The van der Waals surface area contributed by atoms with Crippen LogP contribution in [0.1, 0.15) is 44.9 Å². The zero-order valence-electron chi connectivity index (χ0n) is 13.7. The number of benzene rings is 1. The minimum Gasteiger partial charge on any atom is -0.392 e. The van der Waals surface area contributed by atoms with Crippen molar-refractivity contribution >= 4 is 23.3 Å². The van der Waals surface area contributed by atoms with Crippen LogP contribution in [0.25, 0.3) is 0 Å². The molecule has 1 N–H and O–H groups in total. The molecule has 0 bridgehead atoms. The zero-order valence-corrected chi connectivity index (χ0v) is 13.7. The summed E-state index contributed by atoms with van der Waals surface area (Å²) in [5, 5.41) is 10.4. The van der Waals surface area contributed by atoms with Crippen molar-refractivity contribution in [2.45, 2.75) is 51.0 Å². The van der Waals surface area contributed by atoms with Gasteiger partial charge >= 0.3 is 0 Å². The molecule has 2 fully saturated rings. The predicted octanol–water partition coefficient (Wildman–Crippen LogP) is 2.47. The zero-order chi connectivity index (χ0) is 17.1. The van der Waals surface area contributed by atoms with Crippen LogP contribution in [-0.4, -0.2) is 28.8 Å². The van der Waals surface area contributed by atoms with E-state index < -0.39 is 6.10 Å². The van der Waals surface area contributed by atoms with Gasteiger partial charge < -0.3 is 5.11 Å². The summed E-state index contributed by atoms with van der Waals surface area (Å²) in [4.78, 5) is 38.0. The number of ketones is 1. The molecule has 0 spiro atoms. The van der Waals surface area contributed by atoms with Gasteiger partial charge in [-0.05, 0) is 37.3 Å². The molecule has 0 aromatic heterocycles. The van der Waals surface area contributed by atoms with Gasteiger partial charge in [0.15, 0.2) is 0 Å². The molecule has 24 heavy (non-hydrogen) atoms. The fourth-order valence-corrected chi connectivity index (χ4v) is 3.84. The largest absolute Gasteiger partial charge is 0.392 e. The monoisotopic (exact) mass is 329 g/mol. The average Bonchev–Trinajstić information content (AvgIpc) is 2.55. The van der Waals surface area contributed by atoms with E-state index in [4.69, 9.17) is 0 Å². The molecule has 5 heteroatoms. The number of imide groups is 1. The smallest absolute Gasteiger partial charge is 0.234 e. The molecule has 0 radical (unpaired) electrons. The van der Waals surface area contributed by atoms with Crippen LogP contribution in [0.15, 0.2) is 30.3 Å². The van der Waals surface area contributed by atoms with Gasteiger partial charge in [0, 0.05) is 25.2 Å². The quantitative estimate of drug-likeness (QED) is 0.861. The molecule has 3 rings (SSSR count). The number of hydrogen-bond donors (Lipinski definition) is 1. The first kappa shape index (κ1) is 16.8. The number of aliphatic hydroxyl groups excluding tert-OH is 1. The Morgan fingerprint density at radius 2 is 1.71 bits per heavy atom. The second-order valence-corrected chi connectivity index (χ2v) is 6.85. The molecule has 5 nitrogen and oxygen atoms in total. The molecule has 1 aliphatic carbocycles. The molecule has 1 saturated carbocycles.